The molecule has 2 nitrogen and oxygen atoms in total. The second kappa shape index (κ2) is 4.22. The van der Waals surface area contributed by atoms with Crippen molar-refractivity contribution >= 4 is 11.3 Å². The van der Waals surface area contributed by atoms with Crippen molar-refractivity contribution in [2.45, 2.75) is 37.7 Å². The van der Waals surface area contributed by atoms with Crippen LogP contribution in [0.4, 0.5) is 0 Å². The van der Waals surface area contributed by atoms with E-state index >= 15 is 0 Å². The Kier molecular flexibility index (Phi) is 2.74. The van der Waals surface area contributed by atoms with Crippen LogP contribution >= 0.6 is 11.3 Å². The molecule has 2 atom stereocenters. The Morgan fingerprint density at radius 2 is 2.44 bits per heavy atom. The molecule has 86 valence electrons. The van der Waals surface area contributed by atoms with Gasteiger partial charge in [-0.1, -0.05) is 0 Å². The van der Waals surface area contributed by atoms with Gasteiger partial charge in [-0.2, -0.15) is 0 Å². The molecule has 0 fully saturated rings. The van der Waals surface area contributed by atoms with E-state index in [1.807, 2.05) is 17.4 Å². The van der Waals surface area contributed by atoms with Crippen LogP contribution in [0.2, 0.25) is 0 Å². The van der Waals surface area contributed by atoms with Crippen molar-refractivity contribution in [1.29, 1.82) is 0 Å². The van der Waals surface area contributed by atoms with E-state index in [4.69, 9.17) is 4.74 Å². The Hall–Kier alpha value is -0.800. The zero-order valence-corrected chi connectivity index (χ0v) is 10.0. The molecule has 1 aliphatic heterocycles. The van der Waals surface area contributed by atoms with E-state index in [9.17, 15) is 5.11 Å². The average molecular weight is 236 g/mol. The van der Waals surface area contributed by atoms with Gasteiger partial charge in [0.1, 0.15) is 11.9 Å². The topological polar surface area (TPSA) is 29.5 Å². The summed E-state index contributed by atoms with van der Waals surface area (Å²) in [6.07, 6.45) is 5.97. The van der Waals surface area contributed by atoms with Crippen LogP contribution in [0.1, 0.15) is 35.6 Å². The summed E-state index contributed by atoms with van der Waals surface area (Å²) in [6, 6.07) is 2.17. The van der Waals surface area contributed by atoms with Crippen molar-refractivity contribution in [3.05, 3.63) is 33.7 Å². The fraction of sp³-hybridized carbons (Fsp3) is 0.538. The third kappa shape index (κ3) is 1.68. The zero-order valence-electron chi connectivity index (χ0n) is 9.19. The first-order chi connectivity index (χ1) is 7.86. The maximum Gasteiger partial charge on any atom is 0.121 e. The fourth-order valence-electron chi connectivity index (χ4n) is 2.69. The van der Waals surface area contributed by atoms with Gasteiger partial charge in [-0.15, -0.1) is 11.3 Å². The normalized spacial score (nSPS) is 25.8. The molecular weight excluding hydrogens is 220 g/mol. The minimum Gasteiger partial charge on any atom is -0.495 e. The number of hydrogen-bond acceptors (Lipinski definition) is 3. The van der Waals surface area contributed by atoms with Gasteiger partial charge in [-0.25, -0.2) is 0 Å². The van der Waals surface area contributed by atoms with Crippen LogP contribution in [0.15, 0.2) is 23.3 Å². The van der Waals surface area contributed by atoms with E-state index in [-0.39, 0.29) is 5.92 Å². The van der Waals surface area contributed by atoms with Crippen LogP contribution in [0.3, 0.4) is 0 Å². The summed E-state index contributed by atoms with van der Waals surface area (Å²) < 4.78 is 5.47. The van der Waals surface area contributed by atoms with Gasteiger partial charge in [-0.3, -0.25) is 0 Å². The highest BCUT2D eigenvalue weighted by atomic mass is 32.1. The molecule has 0 amide bonds. The van der Waals surface area contributed by atoms with Gasteiger partial charge in [0.05, 0.1) is 6.61 Å². The molecule has 0 spiro atoms. The molecule has 3 heteroatoms. The number of ether oxygens (including phenoxy) is 1. The van der Waals surface area contributed by atoms with Crippen molar-refractivity contribution in [1.82, 2.24) is 0 Å². The Balaban J connectivity index is 1.86. The molecule has 1 aliphatic carbocycles. The third-order valence-corrected chi connectivity index (χ3v) is 4.50. The lowest BCUT2D eigenvalue weighted by molar-refractivity contribution is 0.0931. The Labute approximate surface area is 99.6 Å². The van der Waals surface area contributed by atoms with Crippen LogP contribution in [0, 0.1) is 0 Å². The third-order valence-electron chi connectivity index (χ3n) is 3.50. The molecule has 1 N–H and O–H groups in total. The smallest absolute Gasteiger partial charge is 0.121 e. The molecule has 0 saturated heterocycles. The molecule has 2 aliphatic rings. The molecule has 0 aromatic carbocycles. The van der Waals surface area contributed by atoms with E-state index in [1.165, 1.54) is 23.3 Å². The van der Waals surface area contributed by atoms with Gasteiger partial charge in [0.15, 0.2) is 0 Å². The molecule has 1 aromatic heterocycles. The van der Waals surface area contributed by atoms with Crippen molar-refractivity contribution in [3.8, 4) is 0 Å². The summed E-state index contributed by atoms with van der Waals surface area (Å²) in [5.74, 6) is 1.04. The number of aryl methyl sites for hydroxylation is 1. The number of aliphatic hydroxyl groups is 1. The van der Waals surface area contributed by atoms with Crippen molar-refractivity contribution in [2.75, 3.05) is 6.61 Å². The van der Waals surface area contributed by atoms with Gasteiger partial charge in [0.2, 0.25) is 0 Å². The first-order valence-corrected chi connectivity index (χ1v) is 6.81. The summed E-state index contributed by atoms with van der Waals surface area (Å²) in [5, 5.41) is 12.5. The number of aliphatic hydroxyl groups excluding tert-OH is 1. The maximum absolute atomic E-state index is 10.4. The minimum absolute atomic E-state index is 0.249. The number of fused-ring (bicyclic) bond motifs is 1. The Morgan fingerprint density at radius 1 is 1.50 bits per heavy atom. The highest BCUT2D eigenvalue weighted by Gasteiger charge is 2.31. The van der Waals surface area contributed by atoms with Crippen molar-refractivity contribution in [2.24, 2.45) is 0 Å². The van der Waals surface area contributed by atoms with Gasteiger partial charge in [0.25, 0.3) is 0 Å². The SMILES string of the molecule is OC(C1=CCCO1)C1CCCc2sccc21. The van der Waals surface area contributed by atoms with Gasteiger partial charge >= 0.3 is 0 Å². The van der Waals surface area contributed by atoms with E-state index < -0.39 is 6.10 Å². The highest BCUT2D eigenvalue weighted by molar-refractivity contribution is 7.10. The summed E-state index contributed by atoms with van der Waals surface area (Å²) in [7, 11) is 0. The summed E-state index contributed by atoms with van der Waals surface area (Å²) in [4.78, 5) is 1.45. The molecular formula is C13H16O2S. The predicted octanol–water partition coefficient (Wildman–Crippen LogP) is 2.83. The van der Waals surface area contributed by atoms with Crippen LogP contribution in [0.25, 0.3) is 0 Å². The molecule has 16 heavy (non-hydrogen) atoms. The largest absolute Gasteiger partial charge is 0.495 e. The Morgan fingerprint density at radius 3 is 3.25 bits per heavy atom. The van der Waals surface area contributed by atoms with E-state index in [2.05, 4.69) is 11.4 Å². The minimum atomic E-state index is -0.434. The number of thiophene rings is 1. The van der Waals surface area contributed by atoms with Gasteiger partial charge in [0, 0.05) is 17.2 Å². The Bertz CT molecular complexity index is 408. The monoisotopic (exact) mass is 236 g/mol. The van der Waals surface area contributed by atoms with E-state index in [0.717, 1.165) is 25.2 Å². The maximum atomic E-state index is 10.4. The molecule has 1 aromatic rings. The molecule has 0 bridgehead atoms. The summed E-state index contributed by atoms with van der Waals surface area (Å²) in [5.41, 5.74) is 1.35. The number of rotatable bonds is 2. The average Bonchev–Trinajstić information content (AvgIpc) is 2.98. The number of hydrogen-bond donors (Lipinski definition) is 1. The first-order valence-electron chi connectivity index (χ1n) is 5.93. The molecule has 0 saturated carbocycles. The van der Waals surface area contributed by atoms with Gasteiger partial charge in [-0.05, 0) is 42.3 Å². The predicted molar refractivity (Wildman–Crippen MR) is 64.7 cm³/mol. The van der Waals surface area contributed by atoms with E-state index in [1.54, 1.807) is 0 Å². The van der Waals surface area contributed by atoms with Gasteiger partial charge < -0.3 is 9.84 Å². The quantitative estimate of drug-likeness (QED) is 0.855. The fourth-order valence-corrected chi connectivity index (χ4v) is 3.69. The lowest BCUT2D eigenvalue weighted by Crippen LogP contribution is -2.24. The molecule has 2 unspecified atom stereocenters. The van der Waals surface area contributed by atoms with E-state index in [0.29, 0.717) is 0 Å². The second-order valence-corrected chi connectivity index (χ2v) is 5.49. The van der Waals surface area contributed by atoms with Crippen LogP contribution in [-0.2, 0) is 11.2 Å². The van der Waals surface area contributed by atoms with Crippen LogP contribution < -0.4 is 0 Å². The van der Waals surface area contributed by atoms with Crippen molar-refractivity contribution < 1.29 is 9.84 Å². The van der Waals surface area contributed by atoms with Crippen molar-refractivity contribution in [3.63, 3.8) is 0 Å². The van der Waals surface area contributed by atoms with Crippen LogP contribution in [0.5, 0.6) is 0 Å². The zero-order chi connectivity index (χ0) is 11.0. The molecule has 0 radical (unpaired) electrons. The summed E-state index contributed by atoms with van der Waals surface area (Å²) in [6.45, 7) is 0.732. The lowest BCUT2D eigenvalue weighted by Gasteiger charge is -2.27. The van der Waals surface area contributed by atoms with Crippen LogP contribution in [-0.4, -0.2) is 17.8 Å². The second-order valence-electron chi connectivity index (χ2n) is 4.49. The molecule has 2 heterocycles. The molecule has 3 rings (SSSR count). The summed E-state index contributed by atoms with van der Waals surface area (Å²) >= 11 is 1.82. The first kappa shape index (κ1) is 10.4. The highest BCUT2D eigenvalue weighted by Crippen LogP contribution is 2.39. The standard InChI is InChI=1S/C13H16O2S/c14-13(11-4-2-7-15-11)10-3-1-5-12-9(10)6-8-16-12/h4,6,8,10,13-14H,1-3,5,7H2. The lowest BCUT2D eigenvalue weighted by atomic mass is 9.83.